The van der Waals surface area contributed by atoms with Crippen molar-refractivity contribution in [1.82, 2.24) is 0 Å². The fourth-order valence-electron chi connectivity index (χ4n) is 1.33. The van der Waals surface area contributed by atoms with Crippen LogP contribution in [0, 0.1) is 0 Å². The van der Waals surface area contributed by atoms with Crippen molar-refractivity contribution in [3.05, 3.63) is 36.4 Å². The fourth-order valence-corrected chi connectivity index (χ4v) is 1.33. The number of anilines is 2. The van der Waals surface area contributed by atoms with Crippen LogP contribution in [0.2, 0.25) is 0 Å². The van der Waals surface area contributed by atoms with Crippen LogP contribution in [-0.2, 0) is 9.59 Å². The first-order valence-electron chi connectivity index (χ1n) is 4.03. The molecule has 4 heteroatoms. The lowest BCUT2D eigenvalue weighted by Crippen LogP contribution is -2.29. The highest BCUT2D eigenvalue weighted by Crippen LogP contribution is 2.37. The number of amides is 1. The standard InChI is InChI=1S/C10H7NO3/c12-9(4-5-10(13)14)11-7-2-1-3-8(11)6-7/h1-6H,(H,13,14). The quantitative estimate of drug-likeness (QED) is 0.713. The van der Waals surface area contributed by atoms with Crippen molar-refractivity contribution in [3.63, 3.8) is 0 Å². The summed E-state index contributed by atoms with van der Waals surface area (Å²) in [5.41, 5.74) is 1.59. The molecule has 0 radical (unpaired) electrons. The number of carbonyl (C=O) groups excluding carboxylic acids is 1. The highest BCUT2D eigenvalue weighted by atomic mass is 16.4. The molecule has 70 valence electrons. The van der Waals surface area contributed by atoms with E-state index in [2.05, 4.69) is 0 Å². The van der Waals surface area contributed by atoms with Crippen molar-refractivity contribution >= 4 is 23.3 Å². The number of carboxylic acid groups (broad SMARTS) is 1. The van der Waals surface area contributed by atoms with Gasteiger partial charge in [-0.25, -0.2) is 4.79 Å². The van der Waals surface area contributed by atoms with Gasteiger partial charge in [0, 0.05) is 12.2 Å². The van der Waals surface area contributed by atoms with Crippen LogP contribution in [0.25, 0.3) is 0 Å². The van der Waals surface area contributed by atoms with Gasteiger partial charge in [0.25, 0.3) is 5.91 Å². The lowest BCUT2D eigenvalue weighted by atomic mass is 10.1. The van der Waals surface area contributed by atoms with Gasteiger partial charge in [-0.05, 0) is 18.2 Å². The van der Waals surface area contributed by atoms with E-state index in [-0.39, 0.29) is 5.91 Å². The van der Waals surface area contributed by atoms with Crippen LogP contribution in [-0.4, -0.2) is 17.0 Å². The second kappa shape index (κ2) is 2.99. The molecule has 2 aliphatic heterocycles. The Morgan fingerprint density at radius 3 is 2.36 bits per heavy atom. The monoisotopic (exact) mass is 189 g/mol. The van der Waals surface area contributed by atoms with Gasteiger partial charge >= 0.3 is 5.97 Å². The van der Waals surface area contributed by atoms with Crippen LogP contribution in [0.1, 0.15) is 0 Å². The summed E-state index contributed by atoms with van der Waals surface area (Å²) in [6.07, 6.45) is 1.88. The Morgan fingerprint density at radius 1 is 1.21 bits per heavy atom. The summed E-state index contributed by atoms with van der Waals surface area (Å²) in [4.78, 5) is 23.0. The maximum atomic E-state index is 11.4. The SMILES string of the molecule is O=C(O)C=CC(=O)N1c2cccc1c2. The number of fused-ring (bicyclic) bond motifs is 2. The Kier molecular flexibility index (Phi) is 1.81. The highest BCUT2D eigenvalue weighted by Gasteiger charge is 2.23. The molecule has 0 aliphatic carbocycles. The molecule has 1 aromatic rings. The maximum absolute atomic E-state index is 11.4. The molecule has 0 atom stereocenters. The normalized spacial score (nSPS) is 12.7. The number of carboxylic acids is 1. The van der Waals surface area contributed by atoms with Gasteiger partial charge < -0.3 is 5.11 Å². The molecule has 0 saturated heterocycles. The van der Waals surface area contributed by atoms with Gasteiger partial charge in [-0.2, -0.15) is 0 Å². The van der Waals surface area contributed by atoms with Crippen molar-refractivity contribution in [2.24, 2.45) is 0 Å². The topological polar surface area (TPSA) is 57.6 Å². The highest BCUT2D eigenvalue weighted by molar-refractivity contribution is 6.12. The summed E-state index contributed by atoms with van der Waals surface area (Å²) >= 11 is 0. The van der Waals surface area contributed by atoms with Crippen molar-refractivity contribution in [2.45, 2.75) is 0 Å². The predicted octanol–water partition coefficient (Wildman–Crippen LogP) is 1.31. The number of nitrogens with zero attached hydrogens (tertiary/aromatic N) is 1. The van der Waals surface area contributed by atoms with E-state index >= 15 is 0 Å². The Bertz CT molecular complexity index is 410. The summed E-state index contributed by atoms with van der Waals surface area (Å²) in [5, 5.41) is 8.34. The van der Waals surface area contributed by atoms with Crippen LogP contribution in [0.5, 0.6) is 0 Å². The van der Waals surface area contributed by atoms with Gasteiger partial charge in [0.15, 0.2) is 0 Å². The predicted molar refractivity (Wildman–Crippen MR) is 50.4 cm³/mol. The van der Waals surface area contributed by atoms with Crippen LogP contribution in [0.15, 0.2) is 36.4 Å². The minimum atomic E-state index is -1.12. The second-order valence-corrected chi connectivity index (χ2v) is 2.87. The van der Waals surface area contributed by atoms with E-state index in [0.29, 0.717) is 0 Å². The molecule has 0 spiro atoms. The molecule has 14 heavy (non-hydrogen) atoms. The minimum Gasteiger partial charge on any atom is -0.478 e. The molecule has 2 bridgehead atoms. The molecule has 2 aliphatic rings. The summed E-state index contributed by atoms with van der Waals surface area (Å²) in [7, 11) is 0. The molecule has 4 nitrogen and oxygen atoms in total. The number of carbonyl (C=O) groups is 2. The largest absolute Gasteiger partial charge is 0.478 e. The Hall–Kier alpha value is -2.10. The molecule has 2 heterocycles. The number of benzene rings is 1. The average Bonchev–Trinajstić information content (AvgIpc) is 2.16. The van der Waals surface area contributed by atoms with Gasteiger partial charge in [-0.15, -0.1) is 0 Å². The minimum absolute atomic E-state index is 0.333. The van der Waals surface area contributed by atoms with Crippen molar-refractivity contribution < 1.29 is 14.7 Å². The van der Waals surface area contributed by atoms with Gasteiger partial charge in [-0.1, -0.05) is 6.07 Å². The van der Waals surface area contributed by atoms with Gasteiger partial charge in [0.2, 0.25) is 0 Å². The number of hydrogen-bond donors (Lipinski definition) is 1. The molecular weight excluding hydrogens is 182 g/mol. The van der Waals surface area contributed by atoms with Gasteiger partial charge in [0.05, 0.1) is 11.4 Å². The molecule has 1 amide bonds. The Morgan fingerprint density at radius 2 is 1.86 bits per heavy atom. The Labute approximate surface area is 80.1 Å². The van der Waals surface area contributed by atoms with Crippen molar-refractivity contribution in [1.29, 1.82) is 0 Å². The molecule has 0 aromatic heterocycles. The average molecular weight is 189 g/mol. The van der Waals surface area contributed by atoms with E-state index in [9.17, 15) is 9.59 Å². The number of rotatable bonds is 2. The van der Waals surface area contributed by atoms with Crippen molar-refractivity contribution in [2.75, 3.05) is 4.90 Å². The van der Waals surface area contributed by atoms with Crippen LogP contribution < -0.4 is 4.90 Å². The van der Waals surface area contributed by atoms with E-state index in [1.807, 2.05) is 12.1 Å². The molecular formula is C10H7NO3. The van der Waals surface area contributed by atoms with Crippen LogP contribution >= 0.6 is 0 Å². The molecule has 0 saturated carbocycles. The lowest BCUT2D eigenvalue weighted by molar-refractivity contribution is -0.131. The third-order valence-electron chi connectivity index (χ3n) is 1.94. The molecule has 0 fully saturated rings. The van der Waals surface area contributed by atoms with Gasteiger partial charge in [0.1, 0.15) is 0 Å². The van der Waals surface area contributed by atoms with E-state index in [1.165, 1.54) is 4.90 Å². The van der Waals surface area contributed by atoms with E-state index in [1.54, 1.807) is 12.1 Å². The lowest BCUT2D eigenvalue weighted by Gasteiger charge is -2.30. The van der Waals surface area contributed by atoms with E-state index < -0.39 is 5.97 Å². The smallest absolute Gasteiger partial charge is 0.328 e. The number of hydrogen-bond acceptors (Lipinski definition) is 2. The van der Waals surface area contributed by atoms with Gasteiger partial charge in [-0.3, -0.25) is 9.69 Å². The summed E-state index contributed by atoms with van der Waals surface area (Å²) in [6.45, 7) is 0. The maximum Gasteiger partial charge on any atom is 0.328 e. The second-order valence-electron chi connectivity index (χ2n) is 2.87. The first-order valence-corrected chi connectivity index (χ1v) is 4.03. The zero-order valence-corrected chi connectivity index (χ0v) is 7.18. The third-order valence-corrected chi connectivity index (χ3v) is 1.94. The zero-order valence-electron chi connectivity index (χ0n) is 7.18. The summed E-state index contributed by atoms with van der Waals surface area (Å²) in [5.74, 6) is -1.46. The van der Waals surface area contributed by atoms with E-state index in [4.69, 9.17) is 5.11 Å². The third kappa shape index (κ3) is 1.26. The Balaban J connectivity index is 2.12. The van der Waals surface area contributed by atoms with Crippen LogP contribution in [0.4, 0.5) is 11.4 Å². The fraction of sp³-hybridized carbons (Fsp3) is 0. The molecule has 0 unspecified atom stereocenters. The first-order chi connectivity index (χ1) is 6.68. The molecule has 1 aromatic carbocycles. The molecule has 3 rings (SSSR count). The van der Waals surface area contributed by atoms with E-state index in [0.717, 1.165) is 23.5 Å². The van der Waals surface area contributed by atoms with Crippen LogP contribution in [0.3, 0.4) is 0 Å². The van der Waals surface area contributed by atoms with Crippen molar-refractivity contribution in [3.8, 4) is 0 Å². The first kappa shape index (κ1) is 8.50. The molecule has 1 N–H and O–H groups in total. The summed E-state index contributed by atoms with van der Waals surface area (Å²) < 4.78 is 0. The number of aliphatic carboxylic acids is 1. The summed E-state index contributed by atoms with van der Waals surface area (Å²) in [6, 6.07) is 7.28. The zero-order chi connectivity index (χ0) is 10.1.